The van der Waals surface area contributed by atoms with E-state index in [1.807, 2.05) is 11.8 Å². The molecule has 2 aliphatic rings. The Kier molecular flexibility index (Phi) is 5.02. The van der Waals surface area contributed by atoms with Gasteiger partial charge in [0.05, 0.1) is 24.0 Å². The maximum atomic E-state index is 13.1. The van der Waals surface area contributed by atoms with E-state index in [0.717, 1.165) is 11.9 Å². The van der Waals surface area contributed by atoms with Crippen molar-refractivity contribution in [2.75, 3.05) is 30.9 Å². The Morgan fingerprint density at radius 2 is 2.00 bits per heavy atom. The normalized spacial score (nSPS) is 21.1. The Morgan fingerprint density at radius 3 is 2.58 bits per heavy atom. The van der Waals surface area contributed by atoms with Crippen LogP contribution in [0.4, 0.5) is 5.82 Å². The van der Waals surface area contributed by atoms with Crippen molar-refractivity contribution in [3.63, 3.8) is 0 Å². The van der Waals surface area contributed by atoms with Crippen LogP contribution in [0, 0.1) is 6.92 Å². The van der Waals surface area contributed by atoms with E-state index in [-0.39, 0.29) is 27.9 Å². The molecule has 2 aliphatic heterocycles. The minimum atomic E-state index is -4.16. The highest BCUT2D eigenvalue weighted by Crippen LogP contribution is 2.41. The number of sulfonamides is 1. The Morgan fingerprint density at radius 1 is 1.29 bits per heavy atom. The summed E-state index contributed by atoms with van der Waals surface area (Å²) in [6.45, 7) is 8.28. The number of ether oxygens (including phenoxy) is 1. The van der Waals surface area contributed by atoms with E-state index < -0.39 is 24.6 Å². The van der Waals surface area contributed by atoms with E-state index in [1.165, 1.54) is 13.8 Å². The number of pyridine rings is 1. The SMILES string of the molecule is Cc1cc(C2=NS(=O)(=O)c3c(C(C)(C)S(C)(=O)=O)cc(N4CCOCC4C)nc32)n[nH]1. The zero-order valence-electron chi connectivity index (χ0n) is 18.0. The second-order valence-corrected chi connectivity index (χ2v) is 12.6. The predicted molar refractivity (Wildman–Crippen MR) is 116 cm³/mol. The molecule has 4 rings (SSSR count). The minimum Gasteiger partial charge on any atom is -0.377 e. The van der Waals surface area contributed by atoms with Crippen molar-refractivity contribution in [2.45, 2.75) is 43.4 Å². The average Bonchev–Trinajstić information content (AvgIpc) is 3.21. The van der Waals surface area contributed by atoms with Crippen LogP contribution in [0.5, 0.6) is 0 Å². The van der Waals surface area contributed by atoms with Crippen molar-refractivity contribution in [2.24, 2.45) is 4.40 Å². The molecule has 4 heterocycles. The maximum Gasteiger partial charge on any atom is 0.285 e. The number of aromatic nitrogens is 3. The molecule has 0 aromatic carbocycles. The van der Waals surface area contributed by atoms with Crippen LogP contribution < -0.4 is 4.90 Å². The molecular weight excluding hydrogens is 442 g/mol. The molecule has 2 aromatic heterocycles. The van der Waals surface area contributed by atoms with E-state index in [2.05, 4.69) is 19.6 Å². The smallest absolute Gasteiger partial charge is 0.285 e. The molecule has 31 heavy (non-hydrogen) atoms. The molecule has 0 spiro atoms. The number of H-pyrrole nitrogens is 1. The van der Waals surface area contributed by atoms with Crippen LogP contribution in [0.15, 0.2) is 21.4 Å². The Bertz CT molecular complexity index is 1290. The van der Waals surface area contributed by atoms with Gasteiger partial charge < -0.3 is 9.64 Å². The molecule has 0 radical (unpaired) electrons. The van der Waals surface area contributed by atoms with Gasteiger partial charge in [0, 0.05) is 18.5 Å². The number of rotatable bonds is 4. The number of fused-ring (bicyclic) bond motifs is 1. The third kappa shape index (κ3) is 3.56. The van der Waals surface area contributed by atoms with Crippen LogP contribution in [0.25, 0.3) is 0 Å². The first-order valence-corrected chi connectivity index (χ1v) is 13.1. The van der Waals surface area contributed by atoms with Crippen LogP contribution in [0.3, 0.4) is 0 Å². The number of nitrogens with zero attached hydrogens (tertiary/aromatic N) is 4. The van der Waals surface area contributed by atoms with Gasteiger partial charge in [-0.15, -0.1) is 0 Å². The number of aromatic amines is 1. The number of sulfone groups is 1. The lowest BCUT2D eigenvalue weighted by Crippen LogP contribution is -2.44. The van der Waals surface area contributed by atoms with Crippen molar-refractivity contribution in [3.05, 3.63) is 34.8 Å². The van der Waals surface area contributed by atoms with Gasteiger partial charge in [-0.2, -0.15) is 17.9 Å². The molecule has 1 unspecified atom stereocenters. The summed E-state index contributed by atoms with van der Waals surface area (Å²) in [4.78, 5) is 6.47. The number of hydrogen-bond donors (Lipinski definition) is 1. The molecule has 1 fully saturated rings. The standard InChI is InChI=1S/C19H25N5O5S2/c1-11-8-14(22-21-11)16-17-18(31(27,28)23-16)13(19(3,4)30(5,25)26)9-15(20-17)24-6-7-29-10-12(24)2/h8-9,12H,6-7,10H2,1-5H3,(H,21,22). The highest BCUT2D eigenvalue weighted by atomic mass is 32.2. The van der Waals surface area contributed by atoms with Crippen LogP contribution in [-0.4, -0.2) is 69.8 Å². The number of morpholine rings is 1. The summed E-state index contributed by atoms with van der Waals surface area (Å²) in [5.41, 5.74) is 1.45. The van der Waals surface area contributed by atoms with Crippen molar-refractivity contribution >= 4 is 31.4 Å². The number of anilines is 1. The molecular formula is C19H25N5O5S2. The maximum absolute atomic E-state index is 13.1. The predicted octanol–water partition coefficient (Wildman–Crippen LogP) is 1.16. The molecule has 12 heteroatoms. The van der Waals surface area contributed by atoms with Crippen LogP contribution >= 0.6 is 0 Å². The first-order chi connectivity index (χ1) is 14.3. The fraction of sp³-hybridized carbons (Fsp3) is 0.526. The van der Waals surface area contributed by atoms with Crippen LogP contribution in [0.1, 0.15) is 43.4 Å². The first-order valence-electron chi connectivity index (χ1n) is 9.80. The molecule has 168 valence electrons. The van der Waals surface area contributed by atoms with E-state index in [0.29, 0.717) is 31.3 Å². The molecule has 1 N–H and O–H groups in total. The van der Waals surface area contributed by atoms with Gasteiger partial charge in [0.15, 0.2) is 9.84 Å². The lowest BCUT2D eigenvalue weighted by Gasteiger charge is -2.35. The zero-order valence-corrected chi connectivity index (χ0v) is 19.6. The second kappa shape index (κ2) is 7.10. The van der Waals surface area contributed by atoms with E-state index in [1.54, 1.807) is 19.1 Å². The van der Waals surface area contributed by atoms with E-state index in [4.69, 9.17) is 4.74 Å². The largest absolute Gasteiger partial charge is 0.377 e. The number of aryl methyl sites for hydroxylation is 1. The van der Waals surface area contributed by atoms with Gasteiger partial charge in [-0.3, -0.25) is 5.10 Å². The lowest BCUT2D eigenvalue weighted by atomic mass is 9.99. The second-order valence-electron chi connectivity index (χ2n) is 8.46. The zero-order chi connectivity index (χ0) is 22.8. The topological polar surface area (TPSA) is 135 Å². The summed E-state index contributed by atoms with van der Waals surface area (Å²) < 4.78 is 59.5. The van der Waals surface area contributed by atoms with Crippen molar-refractivity contribution < 1.29 is 21.6 Å². The van der Waals surface area contributed by atoms with Crippen molar-refractivity contribution in [3.8, 4) is 0 Å². The molecule has 2 aromatic rings. The van der Waals surface area contributed by atoms with Crippen molar-refractivity contribution in [1.29, 1.82) is 0 Å². The van der Waals surface area contributed by atoms with Gasteiger partial charge in [-0.05, 0) is 45.4 Å². The Hall–Kier alpha value is -2.31. The lowest BCUT2D eigenvalue weighted by molar-refractivity contribution is 0.0985. The summed E-state index contributed by atoms with van der Waals surface area (Å²) in [6, 6.07) is 3.23. The molecule has 0 aliphatic carbocycles. The third-order valence-electron chi connectivity index (χ3n) is 5.84. The summed E-state index contributed by atoms with van der Waals surface area (Å²) in [5, 5.41) is 6.93. The summed E-state index contributed by atoms with van der Waals surface area (Å²) in [7, 11) is -7.84. The quantitative estimate of drug-likeness (QED) is 0.708. The van der Waals surface area contributed by atoms with Gasteiger partial charge in [0.2, 0.25) is 0 Å². The third-order valence-corrected chi connectivity index (χ3v) is 9.27. The summed E-state index contributed by atoms with van der Waals surface area (Å²) in [6.07, 6.45) is 1.09. The highest BCUT2D eigenvalue weighted by Gasteiger charge is 2.44. The molecule has 0 saturated carbocycles. The van der Waals surface area contributed by atoms with Gasteiger partial charge in [-0.25, -0.2) is 13.4 Å². The highest BCUT2D eigenvalue weighted by molar-refractivity contribution is 7.92. The van der Waals surface area contributed by atoms with Gasteiger partial charge >= 0.3 is 0 Å². The van der Waals surface area contributed by atoms with Gasteiger partial charge in [-0.1, -0.05) is 0 Å². The van der Waals surface area contributed by atoms with Crippen LogP contribution in [-0.2, 0) is 29.3 Å². The molecule has 0 amide bonds. The minimum absolute atomic E-state index is 0.0143. The van der Waals surface area contributed by atoms with Crippen molar-refractivity contribution in [1.82, 2.24) is 15.2 Å². The molecule has 0 bridgehead atoms. The van der Waals surface area contributed by atoms with E-state index >= 15 is 0 Å². The molecule has 1 atom stereocenters. The molecule has 1 saturated heterocycles. The van der Waals surface area contributed by atoms with Gasteiger partial charge in [0.1, 0.15) is 27.8 Å². The fourth-order valence-corrected chi connectivity index (χ4v) is 5.83. The Labute approximate surface area is 181 Å². The first kappa shape index (κ1) is 21.9. The number of hydrogen-bond acceptors (Lipinski definition) is 8. The summed E-state index contributed by atoms with van der Waals surface area (Å²) in [5.74, 6) is 0.485. The molecule has 10 nitrogen and oxygen atoms in total. The Balaban J connectivity index is 2.03. The van der Waals surface area contributed by atoms with E-state index in [9.17, 15) is 16.8 Å². The average molecular weight is 468 g/mol. The van der Waals surface area contributed by atoms with Crippen LogP contribution in [0.2, 0.25) is 0 Å². The summed E-state index contributed by atoms with van der Waals surface area (Å²) >= 11 is 0. The number of nitrogens with one attached hydrogen (secondary N) is 1. The monoisotopic (exact) mass is 467 g/mol. The fourth-order valence-electron chi connectivity index (χ4n) is 3.72. The van der Waals surface area contributed by atoms with Gasteiger partial charge in [0.25, 0.3) is 10.0 Å².